The molecule has 1 unspecified atom stereocenters. The van der Waals surface area contributed by atoms with Gasteiger partial charge in [-0.15, -0.1) is 0 Å². The molecule has 1 saturated heterocycles. The number of nitrogens with zero attached hydrogens (tertiary/aromatic N) is 1. The molecule has 0 amide bonds. The Kier molecular flexibility index (Phi) is 3.89. The Labute approximate surface area is 104 Å². The van der Waals surface area contributed by atoms with Crippen LogP contribution in [0.1, 0.15) is 32.4 Å². The van der Waals surface area contributed by atoms with Crippen LogP contribution in [0.5, 0.6) is 0 Å². The number of hydrogen-bond acceptors (Lipinski definition) is 3. The number of nitrogens with one attached hydrogen (secondary N) is 1. The van der Waals surface area contributed by atoms with Crippen molar-refractivity contribution in [1.29, 1.82) is 0 Å². The maximum atomic E-state index is 5.47. The molecule has 1 aliphatic rings. The molecule has 96 valence electrons. The molecule has 0 bridgehead atoms. The molecule has 1 aliphatic heterocycles. The van der Waals surface area contributed by atoms with Crippen LogP contribution in [-0.2, 0) is 6.54 Å². The predicted octanol–water partition coefficient (Wildman–Crippen LogP) is 2.49. The summed E-state index contributed by atoms with van der Waals surface area (Å²) in [4.78, 5) is 2.55. The second-order valence-corrected chi connectivity index (χ2v) is 5.55. The second-order valence-electron chi connectivity index (χ2n) is 5.55. The van der Waals surface area contributed by atoms with Crippen LogP contribution in [0.3, 0.4) is 0 Å². The lowest BCUT2D eigenvalue weighted by atomic mass is 9.79. The molecule has 0 spiro atoms. The molecule has 3 heteroatoms. The monoisotopic (exact) mass is 236 g/mol. The molecule has 2 rings (SSSR count). The average Bonchev–Trinajstić information content (AvgIpc) is 2.77. The van der Waals surface area contributed by atoms with Crippen molar-refractivity contribution in [3.05, 3.63) is 24.2 Å². The maximum Gasteiger partial charge on any atom is 0.117 e. The van der Waals surface area contributed by atoms with Crippen LogP contribution in [-0.4, -0.2) is 30.6 Å². The van der Waals surface area contributed by atoms with Gasteiger partial charge in [-0.05, 0) is 64.9 Å². The Morgan fingerprint density at radius 2 is 2.35 bits per heavy atom. The van der Waals surface area contributed by atoms with Crippen LogP contribution in [0.4, 0.5) is 0 Å². The molecule has 1 atom stereocenters. The Bertz CT molecular complexity index is 330. The van der Waals surface area contributed by atoms with Crippen molar-refractivity contribution < 1.29 is 4.42 Å². The molecule has 0 radical (unpaired) electrons. The molecule has 1 N–H and O–H groups in total. The van der Waals surface area contributed by atoms with E-state index in [9.17, 15) is 0 Å². The topological polar surface area (TPSA) is 28.4 Å². The molecule has 1 aromatic heterocycles. The highest BCUT2D eigenvalue weighted by molar-refractivity contribution is 5.01. The van der Waals surface area contributed by atoms with Crippen LogP contribution in [0.2, 0.25) is 0 Å². The van der Waals surface area contributed by atoms with Gasteiger partial charge in [0, 0.05) is 5.54 Å². The molecule has 0 aliphatic carbocycles. The van der Waals surface area contributed by atoms with Gasteiger partial charge in [-0.1, -0.05) is 0 Å². The highest BCUT2D eigenvalue weighted by Gasteiger charge is 2.38. The first-order chi connectivity index (χ1) is 8.14. The Morgan fingerprint density at radius 3 is 3.00 bits per heavy atom. The van der Waals surface area contributed by atoms with E-state index in [4.69, 9.17) is 4.42 Å². The van der Waals surface area contributed by atoms with Crippen molar-refractivity contribution in [3.63, 3.8) is 0 Å². The van der Waals surface area contributed by atoms with Gasteiger partial charge < -0.3 is 9.73 Å². The highest BCUT2D eigenvalue weighted by atomic mass is 16.3. The quantitative estimate of drug-likeness (QED) is 0.870. The van der Waals surface area contributed by atoms with Crippen molar-refractivity contribution >= 4 is 0 Å². The summed E-state index contributed by atoms with van der Waals surface area (Å²) in [6.45, 7) is 7.92. The zero-order chi connectivity index (χ0) is 12.3. The van der Waals surface area contributed by atoms with Gasteiger partial charge in [0.25, 0.3) is 0 Å². The van der Waals surface area contributed by atoms with Gasteiger partial charge in [-0.25, -0.2) is 0 Å². The molecule has 1 fully saturated rings. The summed E-state index contributed by atoms with van der Waals surface area (Å²) in [5.74, 6) is 1.79. The van der Waals surface area contributed by atoms with E-state index in [1.54, 1.807) is 6.26 Å². The molecule has 0 aromatic carbocycles. The van der Waals surface area contributed by atoms with Crippen LogP contribution >= 0.6 is 0 Å². The summed E-state index contributed by atoms with van der Waals surface area (Å²) < 4.78 is 5.47. The smallest absolute Gasteiger partial charge is 0.117 e. The van der Waals surface area contributed by atoms with Gasteiger partial charge in [0.2, 0.25) is 0 Å². The van der Waals surface area contributed by atoms with Crippen LogP contribution in [0.15, 0.2) is 22.8 Å². The summed E-state index contributed by atoms with van der Waals surface area (Å²) in [6, 6.07) is 4.04. The third kappa shape index (κ3) is 2.72. The minimum Gasteiger partial charge on any atom is -0.468 e. The van der Waals surface area contributed by atoms with Crippen LogP contribution in [0, 0.1) is 5.92 Å². The van der Waals surface area contributed by atoms with E-state index in [0.29, 0.717) is 0 Å². The molecule has 3 nitrogen and oxygen atoms in total. The molecule has 17 heavy (non-hydrogen) atoms. The van der Waals surface area contributed by atoms with Crippen molar-refractivity contribution in [1.82, 2.24) is 10.2 Å². The van der Waals surface area contributed by atoms with Gasteiger partial charge in [0.1, 0.15) is 5.76 Å². The van der Waals surface area contributed by atoms with Crippen molar-refractivity contribution in [3.8, 4) is 0 Å². The Morgan fingerprint density at radius 1 is 1.53 bits per heavy atom. The fourth-order valence-electron chi connectivity index (χ4n) is 2.90. The number of piperidine rings is 1. The van der Waals surface area contributed by atoms with E-state index in [-0.39, 0.29) is 5.54 Å². The first kappa shape index (κ1) is 12.7. The number of rotatable bonds is 4. The fourth-order valence-corrected chi connectivity index (χ4v) is 2.90. The minimum atomic E-state index is 0.244. The van der Waals surface area contributed by atoms with Crippen LogP contribution < -0.4 is 5.32 Å². The van der Waals surface area contributed by atoms with E-state index >= 15 is 0 Å². The molecule has 1 aromatic rings. The largest absolute Gasteiger partial charge is 0.468 e. The SMILES string of the molecule is CNCC1CCCN(Cc2ccco2)C1(C)C. The van der Waals surface area contributed by atoms with Gasteiger partial charge >= 0.3 is 0 Å². The van der Waals surface area contributed by atoms with Crippen molar-refractivity contribution in [2.24, 2.45) is 5.92 Å². The predicted molar refractivity (Wildman–Crippen MR) is 69.8 cm³/mol. The highest BCUT2D eigenvalue weighted by Crippen LogP contribution is 2.33. The zero-order valence-electron chi connectivity index (χ0n) is 11.2. The maximum absolute atomic E-state index is 5.47. The lowest BCUT2D eigenvalue weighted by Gasteiger charge is -2.48. The van der Waals surface area contributed by atoms with E-state index in [0.717, 1.165) is 24.8 Å². The van der Waals surface area contributed by atoms with Gasteiger partial charge in [-0.3, -0.25) is 4.90 Å². The molecular formula is C14H24N2O. The van der Waals surface area contributed by atoms with E-state index in [2.05, 4.69) is 30.1 Å². The Hall–Kier alpha value is -0.800. The molecular weight excluding hydrogens is 212 g/mol. The third-order valence-corrected chi connectivity index (χ3v) is 4.17. The van der Waals surface area contributed by atoms with E-state index in [1.165, 1.54) is 19.4 Å². The second kappa shape index (κ2) is 5.23. The lowest BCUT2D eigenvalue weighted by molar-refractivity contribution is 0.0114. The summed E-state index contributed by atoms with van der Waals surface area (Å²) in [5.41, 5.74) is 0.244. The summed E-state index contributed by atoms with van der Waals surface area (Å²) >= 11 is 0. The number of likely N-dealkylation sites (tertiary alicyclic amines) is 1. The lowest BCUT2D eigenvalue weighted by Crippen LogP contribution is -2.54. The van der Waals surface area contributed by atoms with E-state index in [1.807, 2.05) is 13.1 Å². The Balaban J connectivity index is 2.05. The minimum absolute atomic E-state index is 0.244. The first-order valence-corrected chi connectivity index (χ1v) is 6.56. The van der Waals surface area contributed by atoms with Crippen molar-refractivity contribution in [2.75, 3.05) is 20.1 Å². The first-order valence-electron chi connectivity index (χ1n) is 6.56. The molecule has 2 heterocycles. The van der Waals surface area contributed by atoms with E-state index < -0.39 is 0 Å². The van der Waals surface area contributed by atoms with Crippen LogP contribution in [0.25, 0.3) is 0 Å². The van der Waals surface area contributed by atoms with Crippen molar-refractivity contribution in [2.45, 2.75) is 38.8 Å². The van der Waals surface area contributed by atoms with Gasteiger partial charge in [0.05, 0.1) is 12.8 Å². The summed E-state index contributed by atoms with van der Waals surface area (Å²) in [6.07, 6.45) is 4.37. The standard InChI is InChI=1S/C14H24N2O/c1-14(2)12(10-15-3)6-4-8-16(14)11-13-7-5-9-17-13/h5,7,9,12,15H,4,6,8,10-11H2,1-3H3. The summed E-state index contributed by atoms with van der Waals surface area (Å²) in [5, 5.41) is 3.32. The molecule has 0 saturated carbocycles. The van der Waals surface area contributed by atoms with Gasteiger partial charge in [-0.2, -0.15) is 0 Å². The zero-order valence-corrected chi connectivity index (χ0v) is 11.2. The summed E-state index contributed by atoms with van der Waals surface area (Å²) in [7, 11) is 2.04. The normalized spacial score (nSPS) is 25.0. The number of furan rings is 1. The fraction of sp³-hybridized carbons (Fsp3) is 0.714. The number of hydrogen-bond donors (Lipinski definition) is 1. The average molecular weight is 236 g/mol. The van der Waals surface area contributed by atoms with Gasteiger partial charge in [0.15, 0.2) is 0 Å². The third-order valence-electron chi connectivity index (χ3n) is 4.17.